The molecule has 2 amide bonds. The topological polar surface area (TPSA) is 144 Å². The van der Waals surface area contributed by atoms with Crippen molar-refractivity contribution in [1.29, 1.82) is 0 Å². The van der Waals surface area contributed by atoms with E-state index in [2.05, 4.69) is 10.4 Å². The number of rotatable bonds is 6. The van der Waals surface area contributed by atoms with Crippen LogP contribution in [-0.4, -0.2) is 67.8 Å². The van der Waals surface area contributed by atoms with Gasteiger partial charge in [0.15, 0.2) is 17.0 Å². The van der Waals surface area contributed by atoms with Crippen LogP contribution in [0.25, 0.3) is 11.7 Å². The van der Waals surface area contributed by atoms with E-state index in [1.54, 1.807) is 4.90 Å². The summed E-state index contributed by atoms with van der Waals surface area (Å²) in [5, 5.41) is 17.9. The second-order valence-electron chi connectivity index (χ2n) is 9.08. The van der Waals surface area contributed by atoms with E-state index in [4.69, 9.17) is 10.5 Å². The van der Waals surface area contributed by atoms with Gasteiger partial charge in [-0.25, -0.2) is 0 Å². The molecule has 186 valence electrons. The number of aromatic nitrogens is 3. The van der Waals surface area contributed by atoms with Crippen molar-refractivity contribution in [2.75, 3.05) is 25.5 Å². The molecule has 4 rings (SSSR count). The number of nitrogens with one attached hydrogen (secondary N) is 1. The van der Waals surface area contributed by atoms with Crippen LogP contribution in [0.2, 0.25) is 0 Å². The standard InChI is InChI=1S/C22H30N6O5.ClH/c1-12(2)10-27-20-15(6-7-16(29)26-8-9-33-11-13(26)3)18(23)25-28(20)22(32)17(21(27)31)19(30)24-14-4-5-14;/h6-7,12-14,31H,4-5,8-11H2,1-3H3,(H2,23,25)(H,24,30);1H/b7-6+;/t13-;/m1./s1. The number of hydrogen-bond acceptors (Lipinski definition) is 7. The lowest BCUT2D eigenvalue weighted by Crippen LogP contribution is -2.46. The average molecular weight is 495 g/mol. The van der Waals surface area contributed by atoms with Crippen molar-refractivity contribution in [1.82, 2.24) is 24.4 Å². The van der Waals surface area contributed by atoms with Crippen molar-refractivity contribution in [3.05, 3.63) is 27.6 Å². The Morgan fingerprint density at radius 1 is 1.35 bits per heavy atom. The number of carbonyl (C=O) groups excluding carboxylic acids is 2. The van der Waals surface area contributed by atoms with E-state index < -0.39 is 17.3 Å². The number of carbonyl (C=O) groups is 2. The van der Waals surface area contributed by atoms with Gasteiger partial charge in [0, 0.05) is 25.2 Å². The van der Waals surface area contributed by atoms with E-state index in [9.17, 15) is 19.5 Å². The van der Waals surface area contributed by atoms with Gasteiger partial charge in [0.1, 0.15) is 0 Å². The highest BCUT2D eigenvalue weighted by molar-refractivity contribution is 5.97. The van der Waals surface area contributed by atoms with Crippen molar-refractivity contribution in [2.24, 2.45) is 5.92 Å². The average Bonchev–Trinajstić information content (AvgIpc) is 3.50. The fraction of sp³-hybridized carbons (Fsp3) is 0.545. The van der Waals surface area contributed by atoms with Gasteiger partial charge in [0.2, 0.25) is 11.8 Å². The summed E-state index contributed by atoms with van der Waals surface area (Å²) >= 11 is 0. The fourth-order valence-corrected chi connectivity index (χ4v) is 3.96. The second-order valence-corrected chi connectivity index (χ2v) is 9.08. The first kappa shape index (κ1) is 25.6. The molecule has 11 nitrogen and oxygen atoms in total. The molecule has 2 aromatic heterocycles. The summed E-state index contributed by atoms with van der Waals surface area (Å²) in [5.41, 5.74) is 5.54. The molecular formula is C22H31ClN6O5. The molecule has 2 aromatic rings. The predicted molar refractivity (Wildman–Crippen MR) is 129 cm³/mol. The minimum atomic E-state index is -0.764. The van der Waals surface area contributed by atoms with Crippen LogP contribution in [0.3, 0.4) is 0 Å². The molecule has 1 saturated heterocycles. The number of nitrogen functional groups attached to an aromatic ring is 1. The number of morpholine rings is 1. The summed E-state index contributed by atoms with van der Waals surface area (Å²) in [5.74, 6) is -1.20. The van der Waals surface area contributed by atoms with Crippen LogP contribution in [0, 0.1) is 5.92 Å². The molecule has 0 spiro atoms. The SMILES string of the molecule is CC(C)Cn1c(O)c(C(=O)NC2CC2)c(=O)n2nc(N)c(/C=C/C(=O)N3CCOC[C@H]3C)c12.Cl. The minimum Gasteiger partial charge on any atom is -0.494 e. The van der Waals surface area contributed by atoms with Crippen LogP contribution in [0.15, 0.2) is 10.9 Å². The molecular weight excluding hydrogens is 464 g/mol. The lowest BCUT2D eigenvalue weighted by atomic mass is 10.2. The Labute approximate surface area is 203 Å². The summed E-state index contributed by atoms with van der Waals surface area (Å²) in [6, 6.07) is -0.0480. The highest BCUT2D eigenvalue weighted by Gasteiger charge is 2.30. The Morgan fingerprint density at radius 3 is 2.68 bits per heavy atom. The quantitative estimate of drug-likeness (QED) is 0.508. The number of hydrogen-bond donors (Lipinski definition) is 3. The summed E-state index contributed by atoms with van der Waals surface area (Å²) in [4.78, 5) is 40.3. The van der Waals surface area contributed by atoms with Gasteiger partial charge in [0.25, 0.3) is 11.5 Å². The molecule has 4 N–H and O–H groups in total. The minimum absolute atomic E-state index is 0. The number of fused-ring (bicyclic) bond motifs is 1. The Bertz CT molecular complexity index is 1180. The van der Waals surface area contributed by atoms with Gasteiger partial charge in [-0.05, 0) is 31.8 Å². The monoisotopic (exact) mass is 494 g/mol. The summed E-state index contributed by atoms with van der Waals surface area (Å²) in [6.07, 6.45) is 4.56. The zero-order valence-electron chi connectivity index (χ0n) is 19.5. The van der Waals surface area contributed by atoms with E-state index >= 15 is 0 Å². The van der Waals surface area contributed by atoms with Gasteiger partial charge in [-0.3, -0.25) is 19.0 Å². The third kappa shape index (κ3) is 4.90. The zero-order valence-corrected chi connectivity index (χ0v) is 20.3. The second kappa shape index (κ2) is 10.1. The molecule has 1 atom stereocenters. The first-order chi connectivity index (χ1) is 15.7. The van der Waals surface area contributed by atoms with E-state index in [0.717, 1.165) is 17.4 Å². The van der Waals surface area contributed by atoms with E-state index in [1.165, 1.54) is 16.7 Å². The van der Waals surface area contributed by atoms with Crippen molar-refractivity contribution < 1.29 is 19.4 Å². The number of ether oxygens (including phenoxy) is 1. The van der Waals surface area contributed by atoms with Crippen molar-refractivity contribution >= 4 is 41.8 Å². The molecule has 1 aliphatic carbocycles. The number of anilines is 1. The maximum atomic E-state index is 13.1. The maximum Gasteiger partial charge on any atom is 0.291 e. The molecule has 0 radical (unpaired) electrons. The molecule has 0 bridgehead atoms. The van der Waals surface area contributed by atoms with Crippen LogP contribution < -0.4 is 16.6 Å². The van der Waals surface area contributed by atoms with Crippen LogP contribution in [-0.2, 0) is 16.1 Å². The van der Waals surface area contributed by atoms with E-state index in [-0.39, 0.29) is 53.3 Å². The predicted octanol–water partition coefficient (Wildman–Crippen LogP) is 1.01. The number of nitrogens with zero attached hydrogens (tertiary/aromatic N) is 4. The van der Waals surface area contributed by atoms with Crippen LogP contribution in [0.1, 0.15) is 49.5 Å². The fourth-order valence-electron chi connectivity index (χ4n) is 3.96. The molecule has 1 saturated carbocycles. The molecule has 34 heavy (non-hydrogen) atoms. The maximum absolute atomic E-state index is 13.1. The molecule has 0 aromatic carbocycles. The molecule has 12 heteroatoms. The lowest BCUT2D eigenvalue weighted by molar-refractivity contribution is -0.133. The normalized spacial score (nSPS) is 18.5. The first-order valence-corrected chi connectivity index (χ1v) is 11.2. The summed E-state index contributed by atoms with van der Waals surface area (Å²) in [6.45, 7) is 7.50. The van der Waals surface area contributed by atoms with Crippen LogP contribution in [0.4, 0.5) is 5.82 Å². The Balaban J connectivity index is 0.00000324. The van der Waals surface area contributed by atoms with Crippen LogP contribution >= 0.6 is 12.4 Å². The summed E-state index contributed by atoms with van der Waals surface area (Å²) < 4.78 is 7.86. The molecule has 2 aliphatic rings. The molecule has 3 heterocycles. The van der Waals surface area contributed by atoms with Gasteiger partial charge >= 0.3 is 0 Å². The number of halogens is 1. The van der Waals surface area contributed by atoms with Crippen molar-refractivity contribution in [2.45, 2.75) is 52.2 Å². The Hall–Kier alpha value is -3.05. The summed E-state index contributed by atoms with van der Waals surface area (Å²) in [7, 11) is 0. The van der Waals surface area contributed by atoms with Crippen molar-refractivity contribution in [3.63, 3.8) is 0 Å². The molecule has 2 fully saturated rings. The lowest BCUT2D eigenvalue weighted by Gasteiger charge is -2.32. The van der Waals surface area contributed by atoms with Crippen molar-refractivity contribution in [3.8, 4) is 5.88 Å². The third-order valence-corrected chi connectivity index (χ3v) is 5.80. The van der Waals surface area contributed by atoms with Crippen LogP contribution in [0.5, 0.6) is 5.88 Å². The van der Waals surface area contributed by atoms with Gasteiger partial charge < -0.3 is 25.8 Å². The highest BCUT2D eigenvalue weighted by Crippen LogP contribution is 2.27. The first-order valence-electron chi connectivity index (χ1n) is 11.2. The molecule has 1 aliphatic heterocycles. The molecule has 0 unspecified atom stereocenters. The zero-order chi connectivity index (χ0) is 23.9. The smallest absolute Gasteiger partial charge is 0.291 e. The van der Waals surface area contributed by atoms with Gasteiger partial charge in [-0.1, -0.05) is 13.8 Å². The Morgan fingerprint density at radius 2 is 2.06 bits per heavy atom. The van der Waals surface area contributed by atoms with E-state index in [0.29, 0.717) is 31.9 Å². The largest absolute Gasteiger partial charge is 0.494 e. The highest BCUT2D eigenvalue weighted by atomic mass is 35.5. The Kier molecular flexibility index (Phi) is 7.57. The third-order valence-electron chi connectivity index (χ3n) is 5.80. The van der Waals surface area contributed by atoms with E-state index in [1.807, 2.05) is 20.8 Å². The van der Waals surface area contributed by atoms with Gasteiger partial charge in [-0.2, -0.15) is 4.52 Å². The number of nitrogens with two attached hydrogens (primary N) is 1. The van der Waals surface area contributed by atoms with Gasteiger partial charge in [0.05, 0.1) is 24.8 Å². The number of aromatic hydroxyl groups is 1. The van der Waals surface area contributed by atoms with Gasteiger partial charge in [-0.15, -0.1) is 17.5 Å². The number of amides is 2.